The highest BCUT2D eigenvalue weighted by Gasteiger charge is 2.28. The van der Waals surface area contributed by atoms with Crippen molar-refractivity contribution in [3.63, 3.8) is 0 Å². The zero-order valence-corrected chi connectivity index (χ0v) is 19.1. The molecule has 0 spiro atoms. The van der Waals surface area contributed by atoms with E-state index in [1.807, 2.05) is 12.1 Å². The first-order chi connectivity index (χ1) is 17.5. The molecule has 1 fully saturated rings. The highest BCUT2D eigenvalue weighted by molar-refractivity contribution is 6.12. The maximum absolute atomic E-state index is 13.6. The number of primary amides is 1. The molecule has 2 aromatic heterocycles. The smallest absolute Gasteiger partial charge is 0.412 e. The number of nitrogens with two attached hydrogens (primary N) is 1. The third kappa shape index (κ3) is 4.84. The van der Waals surface area contributed by atoms with Crippen molar-refractivity contribution in [2.24, 2.45) is 5.73 Å². The predicted molar refractivity (Wildman–Crippen MR) is 128 cm³/mol. The molecule has 1 aliphatic heterocycles. The Labute approximate surface area is 205 Å². The second-order valence-corrected chi connectivity index (χ2v) is 8.08. The number of nitrogens with zero attached hydrogens (tertiary/aromatic N) is 2. The molecular formula is C26H22FN3O6. The summed E-state index contributed by atoms with van der Waals surface area (Å²) in [6, 6.07) is 12.6. The number of fused-ring (bicyclic) bond motifs is 1. The van der Waals surface area contributed by atoms with E-state index in [0.717, 1.165) is 11.3 Å². The number of anilines is 1. The number of morpholine rings is 1. The second kappa shape index (κ2) is 10.0. The highest BCUT2D eigenvalue weighted by Crippen LogP contribution is 2.41. The molecule has 184 valence electrons. The third-order valence-electron chi connectivity index (χ3n) is 5.77. The molecule has 2 aromatic carbocycles. The van der Waals surface area contributed by atoms with Gasteiger partial charge in [-0.25, -0.2) is 14.0 Å². The molecule has 0 unspecified atom stereocenters. The molecule has 1 aliphatic rings. The summed E-state index contributed by atoms with van der Waals surface area (Å²) in [6.07, 6.45) is 2.10. The normalized spacial score (nSPS) is 13.5. The van der Waals surface area contributed by atoms with Crippen LogP contribution in [0.1, 0.15) is 15.9 Å². The molecule has 2 N–H and O–H groups in total. The summed E-state index contributed by atoms with van der Waals surface area (Å²) in [7, 11) is 0. The molecule has 9 nitrogen and oxygen atoms in total. The van der Waals surface area contributed by atoms with E-state index in [1.54, 1.807) is 24.5 Å². The van der Waals surface area contributed by atoms with Crippen LogP contribution in [0.5, 0.6) is 5.75 Å². The van der Waals surface area contributed by atoms with Crippen molar-refractivity contribution >= 4 is 28.7 Å². The van der Waals surface area contributed by atoms with E-state index >= 15 is 0 Å². The van der Waals surface area contributed by atoms with Crippen LogP contribution in [-0.2, 0) is 16.1 Å². The Hall–Kier alpha value is -4.44. The van der Waals surface area contributed by atoms with E-state index in [1.165, 1.54) is 24.3 Å². The molecule has 0 radical (unpaired) electrons. The molecule has 1 amide bonds. The lowest BCUT2D eigenvalue weighted by Gasteiger charge is -2.30. The molecule has 0 atom stereocenters. The Morgan fingerprint density at radius 2 is 1.78 bits per heavy atom. The van der Waals surface area contributed by atoms with Crippen LogP contribution >= 0.6 is 0 Å². The number of halogens is 1. The second-order valence-electron chi connectivity index (χ2n) is 8.08. The zero-order chi connectivity index (χ0) is 25.1. The number of amides is 1. The number of esters is 1. The molecule has 5 rings (SSSR count). The van der Waals surface area contributed by atoms with Crippen molar-refractivity contribution in [3.05, 3.63) is 77.9 Å². The maximum Gasteiger partial charge on any atom is 0.412 e. The molecule has 10 heteroatoms. The number of benzene rings is 2. The predicted octanol–water partition coefficient (Wildman–Crippen LogP) is 4.29. The van der Waals surface area contributed by atoms with Gasteiger partial charge in [0.05, 0.1) is 18.9 Å². The Kier molecular flexibility index (Phi) is 6.50. The lowest BCUT2D eigenvalue weighted by molar-refractivity contribution is 0.0640. The standard InChI is InChI=1S/C26H22FN3O6/c27-18-3-1-17(2-4-18)24-23(25(31)36-26(28)32)19-13-22(34-15-16-5-7-29-8-6-16)20(14-21(19)35-24)30-9-11-33-12-10-30/h1-8,13-14H,9-12,15H2,(H2,28,32). The van der Waals surface area contributed by atoms with Crippen LogP contribution < -0.4 is 15.4 Å². The van der Waals surface area contributed by atoms with Crippen LogP contribution in [0.3, 0.4) is 0 Å². The topological polar surface area (TPSA) is 117 Å². The van der Waals surface area contributed by atoms with Crippen molar-refractivity contribution in [3.8, 4) is 17.1 Å². The first-order valence-corrected chi connectivity index (χ1v) is 11.2. The number of furan rings is 1. The highest BCUT2D eigenvalue weighted by atomic mass is 19.1. The molecule has 3 heterocycles. The summed E-state index contributed by atoms with van der Waals surface area (Å²) in [4.78, 5) is 30.4. The first-order valence-electron chi connectivity index (χ1n) is 11.2. The van der Waals surface area contributed by atoms with Gasteiger partial charge in [-0.3, -0.25) is 4.98 Å². The Bertz CT molecular complexity index is 1400. The van der Waals surface area contributed by atoms with Crippen LogP contribution in [0.4, 0.5) is 14.9 Å². The van der Waals surface area contributed by atoms with Crippen molar-refractivity contribution in [1.29, 1.82) is 0 Å². The fraction of sp³-hybridized carbons (Fsp3) is 0.192. The summed E-state index contributed by atoms with van der Waals surface area (Å²) < 4.78 is 36.0. The largest absolute Gasteiger partial charge is 0.487 e. The van der Waals surface area contributed by atoms with Gasteiger partial charge >= 0.3 is 12.1 Å². The molecular weight excluding hydrogens is 469 g/mol. The van der Waals surface area contributed by atoms with Gasteiger partial charge in [-0.15, -0.1) is 0 Å². The van der Waals surface area contributed by atoms with Gasteiger partial charge in [0.15, 0.2) is 0 Å². The van der Waals surface area contributed by atoms with Gasteiger partial charge in [0.2, 0.25) is 0 Å². The number of rotatable bonds is 6. The molecule has 0 saturated carbocycles. The third-order valence-corrected chi connectivity index (χ3v) is 5.77. The number of carbonyl (C=O) groups is 2. The number of hydrogen-bond acceptors (Lipinski definition) is 8. The van der Waals surface area contributed by atoms with Crippen LogP contribution in [-0.4, -0.2) is 43.3 Å². The van der Waals surface area contributed by atoms with Crippen molar-refractivity contribution in [1.82, 2.24) is 4.98 Å². The van der Waals surface area contributed by atoms with E-state index in [-0.39, 0.29) is 17.9 Å². The maximum atomic E-state index is 13.6. The molecule has 1 saturated heterocycles. The number of aromatic nitrogens is 1. The van der Waals surface area contributed by atoms with Gasteiger partial charge in [-0.05, 0) is 48.0 Å². The van der Waals surface area contributed by atoms with Gasteiger partial charge in [0.1, 0.15) is 35.1 Å². The average molecular weight is 491 g/mol. The molecule has 0 aliphatic carbocycles. The van der Waals surface area contributed by atoms with E-state index in [9.17, 15) is 14.0 Å². The lowest BCUT2D eigenvalue weighted by Crippen LogP contribution is -2.36. The van der Waals surface area contributed by atoms with Crippen LogP contribution in [0.25, 0.3) is 22.3 Å². The summed E-state index contributed by atoms with van der Waals surface area (Å²) in [6.45, 7) is 2.64. The Balaban J connectivity index is 1.65. The summed E-state index contributed by atoms with van der Waals surface area (Å²) in [5.41, 5.74) is 7.55. The summed E-state index contributed by atoms with van der Waals surface area (Å²) in [5, 5.41) is 0.363. The van der Waals surface area contributed by atoms with E-state index in [4.69, 9.17) is 24.4 Å². The first kappa shape index (κ1) is 23.3. The van der Waals surface area contributed by atoms with Crippen LogP contribution in [0, 0.1) is 5.82 Å². The number of hydrogen-bond donors (Lipinski definition) is 1. The van der Waals surface area contributed by atoms with Crippen LogP contribution in [0.15, 0.2) is 65.3 Å². The summed E-state index contributed by atoms with van der Waals surface area (Å²) in [5.74, 6) is -0.812. The lowest BCUT2D eigenvalue weighted by atomic mass is 10.0. The fourth-order valence-corrected chi connectivity index (χ4v) is 4.07. The van der Waals surface area contributed by atoms with Crippen molar-refractivity contribution < 1.29 is 32.6 Å². The van der Waals surface area contributed by atoms with E-state index in [0.29, 0.717) is 48.6 Å². The van der Waals surface area contributed by atoms with Crippen molar-refractivity contribution in [2.75, 3.05) is 31.2 Å². The quantitative estimate of drug-likeness (QED) is 0.314. The minimum Gasteiger partial charge on any atom is -0.487 e. The zero-order valence-electron chi connectivity index (χ0n) is 19.1. The van der Waals surface area contributed by atoms with Gasteiger partial charge in [0.25, 0.3) is 0 Å². The summed E-state index contributed by atoms with van der Waals surface area (Å²) >= 11 is 0. The monoisotopic (exact) mass is 491 g/mol. The van der Waals surface area contributed by atoms with Gasteiger partial charge in [-0.1, -0.05) is 0 Å². The molecule has 0 bridgehead atoms. The SMILES string of the molecule is NC(=O)OC(=O)c1c(-c2ccc(F)cc2)oc2cc(N3CCOCC3)c(OCc3ccncc3)cc12. The molecule has 4 aromatic rings. The van der Waals surface area contributed by atoms with E-state index < -0.39 is 17.9 Å². The van der Waals surface area contributed by atoms with Gasteiger partial charge in [0, 0.05) is 42.5 Å². The molecule has 36 heavy (non-hydrogen) atoms. The van der Waals surface area contributed by atoms with E-state index in [2.05, 4.69) is 9.88 Å². The van der Waals surface area contributed by atoms with Crippen molar-refractivity contribution in [2.45, 2.75) is 6.61 Å². The minimum atomic E-state index is -1.25. The van der Waals surface area contributed by atoms with Gasteiger partial charge in [-0.2, -0.15) is 0 Å². The van der Waals surface area contributed by atoms with Crippen LogP contribution in [0.2, 0.25) is 0 Å². The van der Waals surface area contributed by atoms with Gasteiger partial charge < -0.3 is 29.3 Å². The number of carbonyl (C=O) groups excluding carboxylic acids is 2. The fourth-order valence-electron chi connectivity index (χ4n) is 4.07. The number of pyridine rings is 1. The Morgan fingerprint density at radius 1 is 1.06 bits per heavy atom. The Morgan fingerprint density at radius 3 is 2.47 bits per heavy atom. The minimum absolute atomic E-state index is 0.0160. The number of ether oxygens (including phenoxy) is 3. The average Bonchev–Trinajstić information content (AvgIpc) is 3.26.